The first-order chi connectivity index (χ1) is 9.90. The molecule has 0 amide bonds. The molecule has 0 spiro atoms. The van der Waals surface area contributed by atoms with E-state index >= 15 is 0 Å². The Bertz CT molecular complexity index is 814. The van der Waals surface area contributed by atoms with Gasteiger partial charge in [-0.2, -0.15) is 0 Å². The summed E-state index contributed by atoms with van der Waals surface area (Å²) >= 11 is 0. The predicted octanol–water partition coefficient (Wildman–Crippen LogP) is 3.08. The van der Waals surface area contributed by atoms with Crippen molar-refractivity contribution in [3.05, 3.63) is 61.2 Å². The molecule has 0 bridgehead atoms. The molecule has 2 aromatic carbocycles. The smallest absolute Gasteiger partial charge is 0.227 e. The van der Waals surface area contributed by atoms with Crippen LogP contribution in [0, 0.1) is 0 Å². The monoisotopic (exact) mass is 262 g/mol. The van der Waals surface area contributed by atoms with E-state index in [2.05, 4.69) is 15.2 Å². The Labute approximate surface area is 114 Å². The summed E-state index contributed by atoms with van der Waals surface area (Å²) in [6.45, 7) is 0. The van der Waals surface area contributed by atoms with Gasteiger partial charge in [0.2, 0.25) is 5.89 Å². The molecule has 0 N–H and O–H groups in total. The molecule has 2 heterocycles. The number of para-hydroxylation sites is 2. The van der Waals surface area contributed by atoms with E-state index in [0.29, 0.717) is 5.89 Å². The van der Waals surface area contributed by atoms with Crippen LogP contribution in [0.1, 0.15) is 0 Å². The van der Waals surface area contributed by atoms with Crippen LogP contribution in [0.15, 0.2) is 65.6 Å². The molecule has 0 atom stereocenters. The number of fused-ring (bicyclic) bond motifs is 1. The van der Waals surface area contributed by atoms with Gasteiger partial charge in [0.1, 0.15) is 18.2 Å². The van der Waals surface area contributed by atoms with E-state index in [9.17, 15) is 0 Å². The summed E-state index contributed by atoms with van der Waals surface area (Å²) in [5.74, 6) is 0.626. The molecule has 0 unspecified atom stereocenters. The summed E-state index contributed by atoms with van der Waals surface area (Å²) in [7, 11) is 0. The minimum absolute atomic E-state index is 0.626. The fourth-order valence-corrected chi connectivity index (χ4v) is 2.11. The zero-order chi connectivity index (χ0) is 13.4. The van der Waals surface area contributed by atoms with Gasteiger partial charge in [0, 0.05) is 11.3 Å². The second-order valence-electron chi connectivity index (χ2n) is 4.40. The van der Waals surface area contributed by atoms with Crippen LogP contribution >= 0.6 is 0 Å². The lowest BCUT2D eigenvalue weighted by atomic mass is 10.2. The SMILES string of the molecule is c1ccc2oc(-c3ccc(-n4cnnc4)cc3)nc2c1. The summed E-state index contributed by atoms with van der Waals surface area (Å²) in [5.41, 5.74) is 3.60. The first kappa shape index (κ1) is 10.9. The van der Waals surface area contributed by atoms with E-state index < -0.39 is 0 Å². The highest BCUT2D eigenvalue weighted by Crippen LogP contribution is 2.24. The van der Waals surface area contributed by atoms with Crippen LogP contribution in [-0.4, -0.2) is 19.7 Å². The molecule has 20 heavy (non-hydrogen) atoms. The summed E-state index contributed by atoms with van der Waals surface area (Å²) in [6, 6.07) is 15.6. The van der Waals surface area contributed by atoms with Gasteiger partial charge in [-0.15, -0.1) is 10.2 Å². The predicted molar refractivity (Wildman–Crippen MR) is 74.4 cm³/mol. The molecule has 2 aromatic heterocycles. The number of nitrogens with zero attached hydrogens (tertiary/aromatic N) is 4. The van der Waals surface area contributed by atoms with Crippen molar-refractivity contribution in [1.29, 1.82) is 0 Å². The van der Waals surface area contributed by atoms with Crippen LogP contribution in [0.3, 0.4) is 0 Å². The normalized spacial score (nSPS) is 11.0. The maximum absolute atomic E-state index is 5.74. The van der Waals surface area contributed by atoms with Crippen molar-refractivity contribution < 1.29 is 4.42 Å². The molecule has 0 radical (unpaired) electrons. The van der Waals surface area contributed by atoms with Crippen molar-refractivity contribution >= 4 is 11.1 Å². The topological polar surface area (TPSA) is 56.7 Å². The molecule has 0 aliphatic heterocycles. The number of hydrogen-bond acceptors (Lipinski definition) is 4. The molecule has 0 fully saturated rings. The van der Waals surface area contributed by atoms with Crippen LogP contribution in [-0.2, 0) is 0 Å². The summed E-state index contributed by atoms with van der Waals surface area (Å²) in [4.78, 5) is 4.48. The van der Waals surface area contributed by atoms with Gasteiger partial charge in [-0.25, -0.2) is 4.98 Å². The third kappa shape index (κ3) is 1.76. The Morgan fingerprint density at radius 1 is 0.850 bits per heavy atom. The first-order valence-electron chi connectivity index (χ1n) is 6.21. The van der Waals surface area contributed by atoms with Gasteiger partial charge in [-0.1, -0.05) is 12.1 Å². The lowest BCUT2D eigenvalue weighted by Gasteiger charge is -2.01. The molecule has 0 saturated carbocycles. The van der Waals surface area contributed by atoms with Crippen molar-refractivity contribution in [3.63, 3.8) is 0 Å². The number of benzene rings is 2. The largest absolute Gasteiger partial charge is 0.436 e. The molecule has 5 nitrogen and oxygen atoms in total. The van der Waals surface area contributed by atoms with E-state index in [0.717, 1.165) is 22.4 Å². The lowest BCUT2D eigenvalue weighted by molar-refractivity contribution is 0.620. The fraction of sp³-hybridized carbons (Fsp3) is 0. The van der Waals surface area contributed by atoms with E-state index in [4.69, 9.17) is 4.42 Å². The molecule has 0 saturated heterocycles. The van der Waals surface area contributed by atoms with Gasteiger partial charge >= 0.3 is 0 Å². The Balaban J connectivity index is 1.75. The highest BCUT2D eigenvalue weighted by atomic mass is 16.3. The van der Waals surface area contributed by atoms with Gasteiger partial charge in [0.05, 0.1) is 0 Å². The highest BCUT2D eigenvalue weighted by molar-refractivity contribution is 5.76. The standard InChI is InChI=1S/C15H10N4O/c1-2-4-14-13(3-1)18-15(20-14)11-5-7-12(8-6-11)19-9-16-17-10-19/h1-10H. The molecule has 0 aliphatic rings. The summed E-state index contributed by atoms with van der Waals surface area (Å²) in [5, 5.41) is 7.58. The average molecular weight is 262 g/mol. The van der Waals surface area contributed by atoms with Gasteiger partial charge in [0.15, 0.2) is 5.58 Å². The van der Waals surface area contributed by atoms with Crippen molar-refractivity contribution in [2.24, 2.45) is 0 Å². The Morgan fingerprint density at radius 2 is 1.60 bits per heavy atom. The number of aromatic nitrogens is 4. The zero-order valence-electron chi connectivity index (χ0n) is 10.5. The highest BCUT2D eigenvalue weighted by Gasteiger charge is 2.07. The fourth-order valence-electron chi connectivity index (χ4n) is 2.11. The molecule has 0 aliphatic carbocycles. The molecule has 96 valence electrons. The van der Waals surface area contributed by atoms with E-state index in [1.165, 1.54) is 0 Å². The zero-order valence-corrected chi connectivity index (χ0v) is 10.5. The second-order valence-corrected chi connectivity index (χ2v) is 4.40. The average Bonchev–Trinajstić information content (AvgIpc) is 3.17. The molecule has 4 aromatic rings. The van der Waals surface area contributed by atoms with Crippen molar-refractivity contribution in [2.45, 2.75) is 0 Å². The van der Waals surface area contributed by atoms with Crippen LogP contribution in [0.25, 0.3) is 28.2 Å². The quantitative estimate of drug-likeness (QED) is 0.557. The maximum Gasteiger partial charge on any atom is 0.227 e. The number of rotatable bonds is 2. The van der Waals surface area contributed by atoms with Crippen LogP contribution in [0.2, 0.25) is 0 Å². The first-order valence-corrected chi connectivity index (χ1v) is 6.21. The summed E-state index contributed by atoms with van der Waals surface area (Å²) < 4.78 is 7.59. The van der Waals surface area contributed by atoms with Crippen molar-refractivity contribution in [3.8, 4) is 17.1 Å². The third-order valence-corrected chi connectivity index (χ3v) is 3.13. The van der Waals surface area contributed by atoms with Crippen molar-refractivity contribution in [2.75, 3.05) is 0 Å². The lowest BCUT2D eigenvalue weighted by Crippen LogP contribution is -1.89. The minimum atomic E-state index is 0.626. The van der Waals surface area contributed by atoms with Crippen LogP contribution in [0.4, 0.5) is 0 Å². The molecular formula is C15H10N4O. The minimum Gasteiger partial charge on any atom is -0.436 e. The Kier molecular flexibility index (Phi) is 2.35. The van der Waals surface area contributed by atoms with Gasteiger partial charge in [-0.3, -0.25) is 4.57 Å². The molecule has 5 heteroatoms. The van der Waals surface area contributed by atoms with Crippen LogP contribution < -0.4 is 0 Å². The van der Waals surface area contributed by atoms with E-state index in [1.807, 2.05) is 53.1 Å². The van der Waals surface area contributed by atoms with Gasteiger partial charge in [-0.05, 0) is 36.4 Å². The molecule has 4 rings (SSSR count). The third-order valence-electron chi connectivity index (χ3n) is 3.13. The second kappa shape index (κ2) is 4.31. The van der Waals surface area contributed by atoms with Gasteiger partial charge < -0.3 is 4.42 Å². The van der Waals surface area contributed by atoms with Crippen molar-refractivity contribution in [1.82, 2.24) is 19.7 Å². The number of oxazole rings is 1. The van der Waals surface area contributed by atoms with E-state index in [-0.39, 0.29) is 0 Å². The van der Waals surface area contributed by atoms with Crippen LogP contribution in [0.5, 0.6) is 0 Å². The summed E-state index contributed by atoms with van der Waals surface area (Å²) in [6.07, 6.45) is 3.32. The number of hydrogen-bond donors (Lipinski definition) is 0. The van der Waals surface area contributed by atoms with E-state index in [1.54, 1.807) is 12.7 Å². The molecular weight excluding hydrogens is 252 g/mol. The van der Waals surface area contributed by atoms with Gasteiger partial charge in [0.25, 0.3) is 0 Å². The maximum atomic E-state index is 5.74. The Morgan fingerprint density at radius 3 is 2.35 bits per heavy atom. The Hall–Kier alpha value is -2.95.